The van der Waals surface area contributed by atoms with E-state index in [-0.39, 0.29) is 24.0 Å². The summed E-state index contributed by atoms with van der Waals surface area (Å²) in [5.74, 6) is 1.44. The zero-order valence-corrected chi connectivity index (χ0v) is 16.7. The average molecular weight is 445 g/mol. The van der Waals surface area contributed by atoms with Crippen molar-refractivity contribution in [3.8, 4) is 5.75 Å². The molecule has 1 aromatic heterocycles. The van der Waals surface area contributed by atoms with Crippen molar-refractivity contribution in [1.29, 1.82) is 0 Å². The third-order valence-electron chi connectivity index (χ3n) is 3.41. The number of thiophene rings is 1. The summed E-state index contributed by atoms with van der Waals surface area (Å²) in [4.78, 5) is 5.68. The van der Waals surface area contributed by atoms with Crippen LogP contribution in [-0.2, 0) is 12.8 Å². The Morgan fingerprint density at radius 1 is 1.30 bits per heavy atom. The second kappa shape index (κ2) is 10.5. The third-order valence-corrected chi connectivity index (χ3v) is 4.35. The first-order valence-electron chi connectivity index (χ1n) is 7.38. The first kappa shape index (κ1) is 19.8. The summed E-state index contributed by atoms with van der Waals surface area (Å²) >= 11 is 1.75. The molecule has 2 aromatic rings. The van der Waals surface area contributed by atoms with Crippen LogP contribution in [0.15, 0.2) is 40.7 Å². The summed E-state index contributed by atoms with van der Waals surface area (Å²) in [6.07, 6.45) is 1.83. The van der Waals surface area contributed by atoms with Crippen molar-refractivity contribution in [2.45, 2.75) is 19.8 Å². The van der Waals surface area contributed by atoms with Crippen molar-refractivity contribution in [2.24, 2.45) is 10.7 Å². The lowest BCUT2D eigenvalue weighted by molar-refractivity contribution is 0.411. The molecule has 0 radical (unpaired) electrons. The lowest BCUT2D eigenvalue weighted by Crippen LogP contribution is -2.33. The van der Waals surface area contributed by atoms with Gasteiger partial charge in [0.05, 0.1) is 7.11 Å². The van der Waals surface area contributed by atoms with Crippen LogP contribution in [-0.4, -0.2) is 26.2 Å². The summed E-state index contributed by atoms with van der Waals surface area (Å²) < 4.78 is 5.33. The molecule has 0 aliphatic carbocycles. The lowest BCUT2D eigenvalue weighted by atomic mass is 10.1. The molecule has 0 aliphatic heterocycles. The molecule has 1 aromatic carbocycles. The van der Waals surface area contributed by atoms with E-state index in [4.69, 9.17) is 10.5 Å². The molecular formula is C17H24IN3OS. The summed E-state index contributed by atoms with van der Waals surface area (Å²) in [6.45, 7) is 3.53. The largest absolute Gasteiger partial charge is 0.496 e. The predicted octanol–water partition coefficient (Wildman–Crippen LogP) is 3.37. The molecule has 0 bridgehead atoms. The van der Waals surface area contributed by atoms with Gasteiger partial charge in [0.2, 0.25) is 0 Å². The predicted molar refractivity (Wildman–Crippen MR) is 109 cm³/mol. The highest BCUT2D eigenvalue weighted by molar-refractivity contribution is 14.0. The number of hydrogen-bond acceptors (Lipinski definition) is 3. The summed E-state index contributed by atoms with van der Waals surface area (Å²) in [5, 5.41) is 5.23. The van der Waals surface area contributed by atoms with Crippen molar-refractivity contribution in [2.75, 3.05) is 20.2 Å². The fourth-order valence-electron chi connectivity index (χ4n) is 2.15. The van der Waals surface area contributed by atoms with Crippen LogP contribution in [0, 0.1) is 6.92 Å². The molecular weight excluding hydrogens is 421 g/mol. The van der Waals surface area contributed by atoms with Crippen LogP contribution in [0.3, 0.4) is 0 Å². The maximum atomic E-state index is 5.88. The monoisotopic (exact) mass is 445 g/mol. The van der Waals surface area contributed by atoms with Crippen molar-refractivity contribution in [3.05, 3.63) is 51.7 Å². The number of nitrogens with two attached hydrogens (primary N) is 1. The molecule has 0 atom stereocenters. The number of halogens is 1. The number of aliphatic imine (C=N–C) groups is 1. The maximum Gasteiger partial charge on any atom is 0.188 e. The molecule has 0 saturated heterocycles. The van der Waals surface area contributed by atoms with Crippen molar-refractivity contribution < 1.29 is 4.74 Å². The van der Waals surface area contributed by atoms with Gasteiger partial charge in [-0.3, -0.25) is 4.99 Å². The Balaban J connectivity index is 0.00000264. The molecule has 126 valence electrons. The highest BCUT2D eigenvalue weighted by atomic mass is 127. The minimum atomic E-state index is 0. The lowest BCUT2D eigenvalue weighted by Gasteiger charge is -2.09. The molecule has 0 fully saturated rings. The number of rotatable bonds is 7. The number of guanidine groups is 1. The third kappa shape index (κ3) is 6.78. The maximum absolute atomic E-state index is 5.88. The Labute approximate surface area is 159 Å². The van der Waals surface area contributed by atoms with Gasteiger partial charge in [0, 0.05) is 24.4 Å². The molecule has 4 nitrogen and oxygen atoms in total. The Bertz CT molecular complexity index is 614. The fourth-order valence-corrected chi connectivity index (χ4v) is 2.85. The van der Waals surface area contributed by atoms with Gasteiger partial charge < -0.3 is 15.8 Å². The van der Waals surface area contributed by atoms with E-state index in [1.807, 2.05) is 6.92 Å². The van der Waals surface area contributed by atoms with Crippen LogP contribution in [0.25, 0.3) is 0 Å². The number of methoxy groups -OCH3 is 1. The SMILES string of the molecule is COc1cc(CCNC(N)=NCCc2cccs2)ccc1C.I. The van der Waals surface area contributed by atoms with E-state index in [0.29, 0.717) is 5.96 Å². The molecule has 0 amide bonds. The van der Waals surface area contributed by atoms with Crippen molar-refractivity contribution >= 4 is 41.3 Å². The second-order valence-corrected chi connectivity index (χ2v) is 6.11. The number of aryl methyl sites for hydroxylation is 1. The normalized spacial score (nSPS) is 11.0. The summed E-state index contributed by atoms with van der Waals surface area (Å²) in [5.41, 5.74) is 8.25. The Hall–Kier alpha value is -1.28. The molecule has 1 heterocycles. The molecule has 2 rings (SSSR count). The fraction of sp³-hybridized carbons (Fsp3) is 0.353. The topological polar surface area (TPSA) is 59.6 Å². The average Bonchev–Trinajstić information content (AvgIpc) is 3.02. The van der Waals surface area contributed by atoms with Crippen LogP contribution in [0.5, 0.6) is 5.75 Å². The van der Waals surface area contributed by atoms with Crippen LogP contribution in [0.2, 0.25) is 0 Å². The van der Waals surface area contributed by atoms with Gasteiger partial charge in [-0.05, 0) is 42.0 Å². The highest BCUT2D eigenvalue weighted by Crippen LogP contribution is 2.18. The molecule has 0 aliphatic rings. The highest BCUT2D eigenvalue weighted by Gasteiger charge is 2.01. The van der Waals surface area contributed by atoms with E-state index in [1.165, 1.54) is 10.4 Å². The van der Waals surface area contributed by atoms with Gasteiger partial charge in [0.15, 0.2) is 5.96 Å². The second-order valence-electron chi connectivity index (χ2n) is 5.08. The molecule has 0 unspecified atom stereocenters. The van der Waals surface area contributed by atoms with Gasteiger partial charge in [0.25, 0.3) is 0 Å². The van der Waals surface area contributed by atoms with Gasteiger partial charge in [-0.25, -0.2) is 0 Å². The standard InChI is InChI=1S/C17H23N3OS.HI/c1-13-5-6-14(12-16(13)21-2)7-9-19-17(18)20-10-8-15-4-3-11-22-15;/h3-6,11-12H,7-10H2,1-2H3,(H3,18,19,20);1H. The Morgan fingerprint density at radius 2 is 2.13 bits per heavy atom. The quantitative estimate of drug-likeness (QED) is 0.390. The minimum Gasteiger partial charge on any atom is -0.496 e. The number of nitrogens with one attached hydrogen (secondary N) is 1. The van der Waals surface area contributed by atoms with Crippen LogP contribution in [0.4, 0.5) is 0 Å². The first-order chi connectivity index (χ1) is 10.7. The molecule has 0 saturated carbocycles. The van der Waals surface area contributed by atoms with Crippen LogP contribution >= 0.6 is 35.3 Å². The molecule has 6 heteroatoms. The van der Waals surface area contributed by atoms with Gasteiger partial charge in [-0.2, -0.15) is 0 Å². The molecule has 23 heavy (non-hydrogen) atoms. The number of hydrogen-bond donors (Lipinski definition) is 2. The summed E-state index contributed by atoms with van der Waals surface area (Å²) in [6, 6.07) is 10.4. The number of nitrogens with zero attached hydrogens (tertiary/aromatic N) is 1. The van der Waals surface area contributed by atoms with Gasteiger partial charge >= 0.3 is 0 Å². The molecule has 0 spiro atoms. The van der Waals surface area contributed by atoms with E-state index in [2.05, 4.69) is 46.0 Å². The summed E-state index contributed by atoms with van der Waals surface area (Å²) in [7, 11) is 1.70. The van der Waals surface area contributed by atoms with E-state index < -0.39 is 0 Å². The van der Waals surface area contributed by atoms with E-state index in [0.717, 1.165) is 37.2 Å². The molecule has 3 N–H and O–H groups in total. The smallest absolute Gasteiger partial charge is 0.188 e. The van der Waals surface area contributed by atoms with Crippen LogP contribution in [0.1, 0.15) is 16.0 Å². The van der Waals surface area contributed by atoms with E-state index >= 15 is 0 Å². The minimum absolute atomic E-state index is 0. The Kier molecular flexibility index (Phi) is 9.01. The zero-order chi connectivity index (χ0) is 15.8. The zero-order valence-electron chi connectivity index (χ0n) is 13.5. The van der Waals surface area contributed by atoms with Crippen LogP contribution < -0.4 is 15.8 Å². The van der Waals surface area contributed by atoms with E-state index in [1.54, 1.807) is 18.4 Å². The number of ether oxygens (including phenoxy) is 1. The number of benzene rings is 1. The van der Waals surface area contributed by atoms with Crippen molar-refractivity contribution in [1.82, 2.24) is 5.32 Å². The van der Waals surface area contributed by atoms with Gasteiger partial charge in [-0.1, -0.05) is 18.2 Å². The van der Waals surface area contributed by atoms with Gasteiger partial charge in [-0.15, -0.1) is 35.3 Å². The van der Waals surface area contributed by atoms with Crippen molar-refractivity contribution in [3.63, 3.8) is 0 Å². The van der Waals surface area contributed by atoms with Gasteiger partial charge in [0.1, 0.15) is 5.75 Å². The first-order valence-corrected chi connectivity index (χ1v) is 8.26. The van der Waals surface area contributed by atoms with E-state index in [9.17, 15) is 0 Å². The Morgan fingerprint density at radius 3 is 2.83 bits per heavy atom.